The number of nitrogens with zero attached hydrogens (tertiary/aromatic N) is 1. The summed E-state index contributed by atoms with van der Waals surface area (Å²) in [6.45, 7) is -0.908. The van der Waals surface area contributed by atoms with Gasteiger partial charge in [-0.3, -0.25) is 4.98 Å². The van der Waals surface area contributed by atoms with Crippen molar-refractivity contribution in [1.82, 2.24) is 4.98 Å². The van der Waals surface area contributed by atoms with Crippen molar-refractivity contribution >= 4 is 6.09 Å². The van der Waals surface area contributed by atoms with Gasteiger partial charge in [-0.1, -0.05) is 0 Å². The zero-order valence-electron chi connectivity index (χ0n) is 9.46. The molecular weight excluding hydrogens is 269 g/mol. The third kappa shape index (κ3) is 3.80. The summed E-state index contributed by atoms with van der Waals surface area (Å²) in [6.07, 6.45) is -7.07. The van der Waals surface area contributed by atoms with E-state index in [-0.39, 0.29) is 0 Å². The Balaban J connectivity index is 3.15. The number of amides is 1. The molecule has 0 spiro atoms. The Morgan fingerprint density at radius 1 is 1.53 bits per heavy atom. The second-order valence-electron chi connectivity index (χ2n) is 3.55. The topological polar surface area (TPSA) is 106 Å². The number of halogens is 3. The van der Waals surface area contributed by atoms with E-state index in [9.17, 15) is 23.1 Å². The van der Waals surface area contributed by atoms with Crippen LogP contribution in [0, 0.1) is 0 Å². The van der Waals surface area contributed by atoms with Crippen LogP contribution in [0.3, 0.4) is 0 Å². The number of carbonyl (C=O) groups is 1. The fourth-order valence-electron chi connectivity index (χ4n) is 1.47. The van der Waals surface area contributed by atoms with Crippen molar-refractivity contribution in [2.45, 2.75) is 18.4 Å². The Morgan fingerprint density at radius 3 is 2.63 bits per heavy atom. The fourth-order valence-corrected chi connectivity index (χ4v) is 1.47. The van der Waals surface area contributed by atoms with Gasteiger partial charge in [-0.25, -0.2) is 4.79 Å². The first kappa shape index (κ1) is 15.2. The summed E-state index contributed by atoms with van der Waals surface area (Å²) >= 11 is 0. The van der Waals surface area contributed by atoms with E-state index in [0.29, 0.717) is 0 Å². The smallest absolute Gasteiger partial charge is 0.418 e. The molecule has 0 aliphatic heterocycles. The molecule has 1 amide bonds. The molecule has 0 saturated heterocycles. The molecule has 1 aromatic rings. The molecule has 4 N–H and O–H groups in total. The van der Waals surface area contributed by atoms with Crippen LogP contribution in [0.2, 0.25) is 0 Å². The van der Waals surface area contributed by atoms with Gasteiger partial charge >= 0.3 is 12.3 Å². The molecule has 6 nitrogen and oxygen atoms in total. The number of ether oxygens (including phenoxy) is 1. The number of aliphatic hydroxyl groups is 2. The van der Waals surface area contributed by atoms with Gasteiger partial charge < -0.3 is 20.7 Å². The second kappa shape index (κ2) is 5.85. The highest BCUT2D eigenvalue weighted by Gasteiger charge is 2.38. The van der Waals surface area contributed by atoms with Gasteiger partial charge in [0.05, 0.1) is 23.8 Å². The molecule has 1 aromatic heterocycles. The Bertz CT molecular complexity index is 453. The van der Waals surface area contributed by atoms with E-state index in [1.54, 1.807) is 0 Å². The zero-order chi connectivity index (χ0) is 14.6. The summed E-state index contributed by atoms with van der Waals surface area (Å²) in [5, 5.41) is 18.5. The van der Waals surface area contributed by atoms with E-state index in [0.717, 1.165) is 18.3 Å². The number of hydrogen-bond acceptors (Lipinski definition) is 5. The number of nitrogens with two attached hydrogens (primary N) is 1. The quantitative estimate of drug-likeness (QED) is 0.700. The molecule has 0 aliphatic rings. The predicted molar refractivity (Wildman–Crippen MR) is 55.7 cm³/mol. The van der Waals surface area contributed by atoms with Crippen LogP contribution < -0.4 is 5.73 Å². The number of pyridine rings is 1. The fraction of sp³-hybridized carbons (Fsp3) is 0.400. The van der Waals surface area contributed by atoms with Crippen LogP contribution in [-0.4, -0.2) is 34.2 Å². The van der Waals surface area contributed by atoms with Crippen LogP contribution in [0.15, 0.2) is 18.3 Å². The van der Waals surface area contributed by atoms with Crippen LogP contribution in [0.4, 0.5) is 18.0 Å². The van der Waals surface area contributed by atoms with Gasteiger partial charge in [0.2, 0.25) is 6.29 Å². The van der Waals surface area contributed by atoms with Crippen LogP contribution in [0.1, 0.15) is 17.2 Å². The molecule has 0 aromatic carbocycles. The van der Waals surface area contributed by atoms with Crippen molar-refractivity contribution in [2.24, 2.45) is 5.73 Å². The number of hydrogen-bond donors (Lipinski definition) is 3. The maximum absolute atomic E-state index is 12.7. The maximum atomic E-state index is 12.7. The lowest BCUT2D eigenvalue weighted by molar-refractivity contribution is -0.140. The Morgan fingerprint density at radius 2 is 2.16 bits per heavy atom. The average Bonchev–Trinajstić information content (AvgIpc) is 2.28. The van der Waals surface area contributed by atoms with E-state index in [1.807, 2.05) is 0 Å². The number of alkyl halides is 3. The number of carbonyl (C=O) groups excluding carboxylic acids is 1. The Hall–Kier alpha value is -1.87. The van der Waals surface area contributed by atoms with Crippen molar-refractivity contribution in [1.29, 1.82) is 0 Å². The molecule has 19 heavy (non-hydrogen) atoms. The maximum Gasteiger partial charge on any atom is 0.418 e. The van der Waals surface area contributed by atoms with E-state index < -0.39 is 42.3 Å². The first-order valence-corrected chi connectivity index (χ1v) is 5.04. The van der Waals surface area contributed by atoms with Gasteiger partial charge in [-0.2, -0.15) is 13.2 Å². The monoisotopic (exact) mass is 280 g/mol. The highest BCUT2D eigenvalue weighted by molar-refractivity contribution is 5.64. The molecule has 106 valence electrons. The first-order valence-electron chi connectivity index (χ1n) is 5.04. The van der Waals surface area contributed by atoms with Crippen LogP contribution in [0.25, 0.3) is 0 Å². The van der Waals surface area contributed by atoms with Gasteiger partial charge in [0, 0.05) is 6.20 Å². The Kier molecular flexibility index (Phi) is 4.67. The van der Waals surface area contributed by atoms with Gasteiger partial charge in [0.1, 0.15) is 0 Å². The van der Waals surface area contributed by atoms with E-state index >= 15 is 0 Å². The molecule has 9 heteroatoms. The van der Waals surface area contributed by atoms with Crippen LogP contribution in [0.5, 0.6) is 0 Å². The zero-order valence-corrected chi connectivity index (χ0v) is 9.46. The second-order valence-corrected chi connectivity index (χ2v) is 3.55. The minimum Gasteiger partial charge on any atom is -0.419 e. The standard InChI is InChI=1S/C10H11F3N2O4/c11-10(12,13)6-2-1-3-15-7(6)5(4-16)8(17)19-9(14)18/h1-3,5,8,16-17H,4H2,(H2,14,18)/t5-,8+/m1/s1. The summed E-state index contributed by atoms with van der Waals surface area (Å²) < 4.78 is 42.4. The van der Waals surface area contributed by atoms with Crippen molar-refractivity contribution < 1.29 is 32.9 Å². The normalized spacial score (nSPS) is 14.8. The Labute approximate surface area is 105 Å². The molecule has 2 atom stereocenters. The van der Waals surface area contributed by atoms with Gasteiger partial charge in [-0.05, 0) is 12.1 Å². The van der Waals surface area contributed by atoms with E-state index in [4.69, 9.17) is 5.11 Å². The van der Waals surface area contributed by atoms with Crippen LogP contribution in [-0.2, 0) is 10.9 Å². The molecular formula is C10H11F3N2O4. The predicted octanol–water partition coefficient (Wildman–Crippen LogP) is 0.590. The lowest BCUT2D eigenvalue weighted by atomic mass is 10.00. The lowest BCUT2D eigenvalue weighted by Gasteiger charge is -2.22. The van der Waals surface area contributed by atoms with Crippen LogP contribution >= 0.6 is 0 Å². The van der Waals surface area contributed by atoms with E-state index in [1.165, 1.54) is 0 Å². The van der Waals surface area contributed by atoms with Crippen molar-refractivity contribution in [3.63, 3.8) is 0 Å². The summed E-state index contributed by atoms with van der Waals surface area (Å²) in [6, 6.07) is 1.80. The van der Waals surface area contributed by atoms with Crippen molar-refractivity contribution in [2.75, 3.05) is 6.61 Å². The summed E-state index contributed by atoms with van der Waals surface area (Å²) in [7, 11) is 0. The number of aromatic nitrogens is 1. The highest BCUT2D eigenvalue weighted by atomic mass is 19.4. The molecule has 0 bridgehead atoms. The highest BCUT2D eigenvalue weighted by Crippen LogP contribution is 2.35. The molecule has 0 radical (unpaired) electrons. The summed E-state index contributed by atoms with van der Waals surface area (Å²) in [4.78, 5) is 13.9. The average molecular weight is 280 g/mol. The van der Waals surface area contributed by atoms with Gasteiger partial charge in [0.15, 0.2) is 0 Å². The first-order chi connectivity index (χ1) is 8.77. The molecule has 0 unspecified atom stereocenters. The molecule has 0 aliphatic carbocycles. The SMILES string of the molecule is NC(=O)O[C@H](O)[C@H](CO)c1ncccc1C(F)(F)F. The minimum absolute atomic E-state index is 0.633. The van der Waals surface area contributed by atoms with Crippen molar-refractivity contribution in [3.05, 3.63) is 29.6 Å². The molecule has 1 heterocycles. The van der Waals surface area contributed by atoms with Crippen molar-refractivity contribution in [3.8, 4) is 0 Å². The summed E-state index contributed by atoms with van der Waals surface area (Å²) in [5.74, 6) is -1.55. The molecule has 1 rings (SSSR count). The molecule has 0 fully saturated rings. The lowest BCUT2D eigenvalue weighted by Crippen LogP contribution is -2.32. The van der Waals surface area contributed by atoms with Gasteiger partial charge in [0.25, 0.3) is 0 Å². The third-order valence-corrected chi connectivity index (χ3v) is 2.27. The number of aliphatic hydroxyl groups excluding tert-OH is 2. The number of primary amides is 1. The molecule has 0 saturated carbocycles. The van der Waals surface area contributed by atoms with Gasteiger partial charge in [-0.15, -0.1) is 0 Å². The summed E-state index contributed by atoms with van der Waals surface area (Å²) in [5.41, 5.74) is 2.87. The number of rotatable bonds is 4. The minimum atomic E-state index is -4.72. The van der Waals surface area contributed by atoms with E-state index in [2.05, 4.69) is 15.5 Å². The largest absolute Gasteiger partial charge is 0.419 e. The third-order valence-electron chi connectivity index (χ3n) is 2.27.